The number of aromatic nitrogens is 1. The minimum atomic E-state index is -0.532. The fraction of sp³-hybridized carbons (Fsp3) is 0.118. The van der Waals surface area contributed by atoms with Crippen LogP contribution in [-0.4, -0.2) is 10.1 Å². The summed E-state index contributed by atoms with van der Waals surface area (Å²) in [5, 5.41) is 15.3. The number of phenols is 1. The number of hydrogen-bond donors (Lipinski definition) is 2. The molecule has 0 aliphatic heterocycles. The molecule has 3 aromatic rings. The van der Waals surface area contributed by atoms with Crippen LogP contribution in [0.4, 0.5) is 10.2 Å². The molecule has 0 aliphatic carbocycles. The van der Waals surface area contributed by atoms with Gasteiger partial charge in [-0.2, -0.15) is 4.39 Å². The number of phenolic OH excluding ortho intramolecular Hbond substituents is 1. The highest BCUT2D eigenvalue weighted by molar-refractivity contribution is 5.89. The van der Waals surface area contributed by atoms with Crippen LogP contribution in [0.15, 0.2) is 54.6 Å². The SMILES string of the molecule is CC(Nc1cccc(F)n1)c1ccc2ccccc2c1O. The summed E-state index contributed by atoms with van der Waals surface area (Å²) in [6, 6.07) is 15.9. The summed E-state index contributed by atoms with van der Waals surface area (Å²) in [5.41, 5.74) is 0.750. The predicted molar refractivity (Wildman–Crippen MR) is 81.8 cm³/mol. The summed E-state index contributed by atoms with van der Waals surface area (Å²) >= 11 is 0. The van der Waals surface area contributed by atoms with Crippen molar-refractivity contribution >= 4 is 16.6 Å². The number of pyridine rings is 1. The molecule has 1 aromatic heterocycles. The lowest BCUT2D eigenvalue weighted by atomic mass is 10.0. The van der Waals surface area contributed by atoms with E-state index in [0.29, 0.717) is 5.82 Å². The van der Waals surface area contributed by atoms with E-state index >= 15 is 0 Å². The quantitative estimate of drug-likeness (QED) is 0.706. The molecule has 0 amide bonds. The van der Waals surface area contributed by atoms with Crippen molar-refractivity contribution in [2.75, 3.05) is 5.32 Å². The number of fused-ring (bicyclic) bond motifs is 1. The Hall–Kier alpha value is -2.62. The summed E-state index contributed by atoms with van der Waals surface area (Å²) in [6.07, 6.45) is 0. The molecule has 0 radical (unpaired) electrons. The van der Waals surface area contributed by atoms with E-state index in [1.165, 1.54) is 6.07 Å². The molecule has 1 atom stereocenters. The van der Waals surface area contributed by atoms with Crippen molar-refractivity contribution < 1.29 is 9.50 Å². The van der Waals surface area contributed by atoms with Gasteiger partial charge >= 0.3 is 0 Å². The first kappa shape index (κ1) is 13.4. The van der Waals surface area contributed by atoms with Crippen molar-refractivity contribution in [1.29, 1.82) is 0 Å². The second-order valence-electron chi connectivity index (χ2n) is 4.94. The van der Waals surface area contributed by atoms with Crippen LogP contribution in [0, 0.1) is 5.95 Å². The average Bonchev–Trinajstić information content (AvgIpc) is 2.48. The van der Waals surface area contributed by atoms with Gasteiger partial charge in [-0.25, -0.2) is 4.98 Å². The number of anilines is 1. The van der Waals surface area contributed by atoms with Crippen LogP contribution in [0.5, 0.6) is 5.75 Å². The monoisotopic (exact) mass is 282 g/mol. The van der Waals surface area contributed by atoms with Gasteiger partial charge in [-0.15, -0.1) is 0 Å². The van der Waals surface area contributed by atoms with E-state index in [1.54, 1.807) is 12.1 Å². The van der Waals surface area contributed by atoms with Gasteiger partial charge in [-0.1, -0.05) is 42.5 Å². The van der Waals surface area contributed by atoms with E-state index in [1.807, 2.05) is 43.3 Å². The van der Waals surface area contributed by atoms with Crippen molar-refractivity contribution in [3.63, 3.8) is 0 Å². The molecule has 0 bridgehead atoms. The Bertz CT molecular complexity index is 789. The first-order valence-electron chi connectivity index (χ1n) is 6.75. The van der Waals surface area contributed by atoms with Crippen LogP contribution in [0.3, 0.4) is 0 Å². The highest BCUT2D eigenvalue weighted by Gasteiger charge is 2.13. The average molecular weight is 282 g/mol. The molecule has 0 aliphatic rings. The number of benzene rings is 2. The molecule has 1 unspecified atom stereocenters. The second-order valence-corrected chi connectivity index (χ2v) is 4.94. The smallest absolute Gasteiger partial charge is 0.214 e. The van der Waals surface area contributed by atoms with Gasteiger partial charge in [0.15, 0.2) is 0 Å². The van der Waals surface area contributed by atoms with Gasteiger partial charge in [0.25, 0.3) is 0 Å². The zero-order valence-electron chi connectivity index (χ0n) is 11.5. The van der Waals surface area contributed by atoms with Crippen molar-refractivity contribution in [3.8, 4) is 5.75 Å². The second kappa shape index (κ2) is 5.40. The first-order valence-corrected chi connectivity index (χ1v) is 6.75. The fourth-order valence-electron chi connectivity index (χ4n) is 2.41. The Labute approximate surface area is 122 Å². The molecule has 0 spiro atoms. The van der Waals surface area contributed by atoms with E-state index in [-0.39, 0.29) is 11.8 Å². The highest BCUT2D eigenvalue weighted by atomic mass is 19.1. The summed E-state index contributed by atoms with van der Waals surface area (Å²) in [7, 11) is 0. The van der Waals surface area contributed by atoms with Crippen molar-refractivity contribution in [1.82, 2.24) is 4.98 Å². The summed E-state index contributed by atoms with van der Waals surface area (Å²) < 4.78 is 13.1. The van der Waals surface area contributed by atoms with E-state index < -0.39 is 5.95 Å². The van der Waals surface area contributed by atoms with Gasteiger partial charge in [0.05, 0.1) is 6.04 Å². The van der Waals surface area contributed by atoms with E-state index in [4.69, 9.17) is 0 Å². The number of halogens is 1. The van der Waals surface area contributed by atoms with Crippen molar-refractivity contribution in [2.24, 2.45) is 0 Å². The molecular formula is C17H15FN2O. The van der Waals surface area contributed by atoms with Crippen LogP contribution in [0.1, 0.15) is 18.5 Å². The van der Waals surface area contributed by atoms with Crippen molar-refractivity contribution in [3.05, 3.63) is 66.1 Å². The fourth-order valence-corrected chi connectivity index (χ4v) is 2.41. The molecule has 0 saturated heterocycles. The largest absolute Gasteiger partial charge is 0.507 e. The third kappa shape index (κ3) is 2.65. The Morgan fingerprint density at radius 2 is 1.86 bits per heavy atom. The minimum absolute atomic E-state index is 0.191. The number of nitrogens with zero attached hydrogens (tertiary/aromatic N) is 1. The molecule has 0 fully saturated rings. The number of nitrogens with one attached hydrogen (secondary N) is 1. The predicted octanol–water partition coefficient (Wildman–Crippen LogP) is 4.25. The van der Waals surface area contributed by atoms with Crippen LogP contribution < -0.4 is 5.32 Å². The molecular weight excluding hydrogens is 267 g/mol. The minimum Gasteiger partial charge on any atom is -0.507 e. The van der Waals surface area contributed by atoms with E-state index in [2.05, 4.69) is 10.3 Å². The van der Waals surface area contributed by atoms with Crippen LogP contribution in [0.2, 0.25) is 0 Å². The lowest BCUT2D eigenvalue weighted by Crippen LogP contribution is -2.08. The molecule has 1 heterocycles. The van der Waals surface area contributed by atoms with Crippen LogP contribution in [-0.2, 0) is 0 Å². The highest BCUT2D eigenvalue weighted by Crippen LogP contribution is 2.33. The summed E-state index contributed by atoms with van der Waals surface area (Å²) in [4.78, 5) is 3.77. The standard InChI is InChI=1S/C17H15FN2O/c1-11(19-16-8-4-7-15(18)20-16)13-10-9-12-5-2-3-6-14(12)17(13)21/h2-11,21H,1H3,(H,19,20). The summed E-state index contributed by atoms with van der Waals surface area (Å²) in [6.45, 7) is 1.90. The molecule has 2 N–H and O–H groups in total. The molecule has 3 rings (SSSR count). The Balaban J connectivity index is 1.94. The van der Waals surface area contributed by atoms with Gasteiger partial charge < -0.3 is 10.4 Å². The Morgan fingerprint density at radius 3 is 2.67 bits per heavy atom. The molecule has 2 aromatic carbocycles. The summed E-state index contributed by atoms with van der Waals surface area (Å²) in [5.74, 6) is 0.148. The maximum atomic E-state index is 13.1. The van der Waals surface area contributed by atoms with Gasteiger partial charge in [0, 0.05) is 10.9 Å². The van der Waals surface area contributed by atoms with Gasteiger partial charge in [-0.3, -0.25) is 0 Å². The number of aromatic hydroxyl groups is 1. The molecule has 3 nitrogen and oxygen atoms in total. The maximum absolute atomic E-state index is 13.1. The maximum Gasteiger partial charge on any atom is 0.214 e. The van der Waals surface area contributed by atoms with E-state index in [9.17, 15) is 9.50 Å². The van der Waals surface area contributed by atoms with Crippen LogP contribution in [0.25, 0.3) is 10.8 Å². The van der Waals surface area contributed by atoms with Gasteiger partial charge in [0.1, 0.15) is 11.6 Å². The topological polar surface area (TPSA) is 45.2 Å². The van der Waals surface area contributed by atoms with Crippen molar-refractivity contribution in [2.45, 2.75) is 13.0 Å². The van der Waals surface area contributed by atoms with Crippen LogP contribution >= 0.6 is 0 Å². The molecule has 4 heteroatoms. The number of rotatable bonds is 3. The van der Waals surface area contributed by atoms with Gasteiger partial charge in [0.2, 0.25) is 5.95 Å². The Morgan fingerprint density at radius 1 is 1.05 bits per heavy atom. The zero-order valence-corrected chi connectivity index (χ0v) is 11.5. The van der Waals surface area contributed by atoms with Gasteiger partial charge in [-0.05, 0) is 24.4 Å². The van der Waals surface area contributed by atoms with E-state index in [0.717, 1.165) is 16.3 Å². The normalized spacial score (nSPS) is 12.3. The Kier molecular flexibility index (Phi) is 3.44. The molecule has 106 valence electrons. The lowest BCUT2D eigenvalue weighted by Gasteiger charge is -2.17. The number of hydrogen-bond acceptors (Lipinski definition) is 3. The third-order valence-electron chi connectivity index (χ3n) is 3.48. The third-order valence-corrected chi connectivity index (χ3v) is 3.48. The molecule has 21 heavy (non-hydrogen) atoms. The zero-order chi connectivity index (χ0) is 14.8. The molecule has 0 saturated carbocycles. The lowest BCUT2D eigenvalue weighted by molar-refractivity contribution is 0.472. The first-order chi connectivity index (χ1) is 10.1.